The van der Waals surface area contributed by atoms with Gasteiger partial charge in [-0.3, -0.25) is 0 Å². The molecule has 0 atom stereocenters. The van der Waals surface area contributed by atoms with Gasteiger partial charge in [0.25, 0.3) is 0 Å². The lowest BCUT2D eigenvalue weighted by Gasteiger charge is -2.00. The van der Waals surface area contributed by atoms with Gasteiger partial charge in [-0.15, -0.1) is 0 Å². The lowest BCUT2D eigenvalue weighted by atomic mass is 10.0. The van der Waals surface area contributed by atoms with Crippen LogP contribution in [0.2, 0.25) is 5.02 Å². The van der Waals surface area contributed by atoms with Crippen LogP contribution in [0.5, 0.6) is 0 Å². The van der Waals surface area contributed by atoms with Gasteiger partial charge in [-0.2, -0.15) is 0 Å². The third kappa shape index (κ3) is 1.25. The van der Waals surface area contributed by atoms with Crippen LogP contribution in [0, 0.1) is 13.8 Å². The van der Waals surface area contributed by atoms with Crippen LogP contribution in [0.15, 0.2) is 30.3 Å². The summed E-state index contributed by atoms with van der Waals surface area (Å²) in [5.74, 6) is 0. The van der Waals surface area contributed by atoms with Crippen molar-refractivity contribution in [3.05, 3.63) is 46.5 Å². The average Bonchev–Trinajstić information content (AvgIpc) is 2.63. The number of hydrogen-bond acceptors (Lipinski definition) is 0. The first kappa shape index (κ1) is 9.73. The molecule has 0 bridgehead atoms. The second kappa shape index (κ2) is 3.26. The summed E-state index contributed by atoms with van der Waals surface area (Å²) >= 11 is 6.05. The average molecular weight is 230 g/mol. The smallest absolute Gasteiger partial charge is 0.0497 e. The van der Waals surface area contributed by atoms with Crippen LogP contribution in [0.25, 0.3) is 21.8 Å². The molecule has 1 heterocycles. The van der Waals surface area contributed by atoms with Crippen molar-refractivity contribution in [3.63, 3.8) is 0 Å². The Morgan fingerprint density at radius 1 is 1.00 bits per heavy atom. The Kier molecular flexibility index (Phi) is 1.98. The quantitative estimate of drug-likeness (QED) is 0.580. The Hall–Kier alpha value is -1.47. The zero-order valence-corrected chi connectivity index (χ0v) is 10.0. The van der Waals surface area contributed by atoms with Crippen LogP contribution in [0.1, 0.15) is 11.1 Å². The van der Waals surface area contributed by atoms with E-state index in [1.165, 1.54) is 27.4 Å². The Bertz CT molecular complexity index is 695. The van der Waals surface area contributed by atoms with Gasteiger partial charge in [-0.1, -0.05) is 23.7 Å². The number of hydrogen-bond donors (Lipinski definition) is 1. The first-order valence-electron chi connectivity index (χ1n) is 5.34. The molecule has 0 aliphatic heterocycles. The number of aryl methyl sites for hydroxylation is 2. The fraction of sp³-hybridized carbons (Fsp3) is 0.143. The van der Waals surface area contributed by atoms with Gasteiger partial charge in [0.2, 0.25) is 0 Å². The third-order valence-corrected chi connectivity index (χ3v) is 3.37. The van der Waals surface area contributed by atoms with E-state index in [1.807, 2.05) is 18.2 Å². The summed E-state index contributed by atoms with van der Waals surface area (Å²) in [5.41, 5.74) is 4.93. The molecule has 0 unspecified atom stereocenters. The minimum Gasteiger partial charge on any atom is -0.354 e. The van der Waals surface area contributed by atoms with Crippen LogP contribution in [0.4, 0.5) is 0 Å². The van der Waals surface area contributed by atoms with E-state index in [2.05, 4.69) is 31.0 Å². The maximum atomic E-state index is 6.05. The second-order valence-electron chi connectivity index (χ2n) is 4.26. The summed E-state index contributed by atoms with van der Waals surface area (Å²) in [4.78, 5) is 3.46. The van der Waals surface area contributed by atoms with Crippen LogP contribution >= 0.6 is 11.6 Å². The van der Waals surface area contributed by atoms with Gasteiger partial charge in [0.1, 0.15) is 0 Å². The highest BCUT2D eigenvalue weighted by molar-refractivity contribution is 6.31. The maximum Gasteiger partial charge on any atom is 0.0497 e. The van der Waals surface area contributed by atoms with Crippen molar-refractivity contribution < 1.29 is 0 Å². The minimum atomic E-state index is 0.786. The summed E-state index contributed by atoms with van der Waals surface area (Å²) in [5, 5.41) is 3.29. The maximum absolute atomic E-state index is 6.05. The predicted molar refractivity (Wildman–Crippen MR) is 70.3 cm³/mol. The molecule has 0 amide bonds. The largest absolute Gasteiger partial charge is 0.354 e. The van der Waals surface area contributed by atoms with Crippen molar-refractivity contribution >= 4 is 33.4 Å². The molecular weight excluding hydrogens is 218 g/mol. The molecule has 80 valence electrons. The molecule has 1 N–H and O–H groups in total. The Labute approximate surface area is 99.0 Å². The number of fused-ring (bicyclic) bond motifs is 3. The highest BCUT2D eigenvalue weighted by atomic mass is 35.5. The molecule has 0 saturated heterocycles. The summed E-state index contributed by atoms with van der Waals surface area (Å²) in [6.45, 7) is 4.26. The van der Waals surface area contributed by atoms with E-state index in [1.54, 1.807) is 0 Å². The fourth-order valence-corrected chi connectivity index (χ4v) is 2.46. The van der Waals surface area contributed by atoms with Crippen molar-refractivity contribution in [3.8, 4) is 0 Å². The molecule has 16 heavy (non-hydrogen) atoms. The van der Waals surface area contributed by atoms with Gasteiger partial charge in [-0.05, 0) is 43.2 Å². The molecule has 0 radical (unpaired) electrons. The van der Waals surface area contributed by atoms with Crippen molar-refractivity contribution in [2.24, 2.45) is 0 Å². The summed E-state index contributed by atoms with van der Waals surface area (Å²) in [6, 6.07) is 10.3. The first-order valence-corrected chi connectivity index (χ1v) is 5.72. The van der Waals surface area contributed by atoms with E-state index in [0.717, 1.165) is 10.5 Å². The molecule has 0 fully saturated rings. The van der Waals surface area contributed by atoms with Crippen LogP contribution in [0.3, 0.4) is 0 Å². The molecular formula is C14H12ClN. The van der Waals surface area contributed by atoms with E-state index in [-0.39, 0.29) is 0 Å². The molecule has 3 rings (SSSR count). The monoisotopic (exact) mass is 229 g/mol. The molecule has 3 aromatic rings. The minimum absolute atomic E-state index is 0.786. The van der Waals surface area contributed by atoms with Gasteiger partial charge in [0.15, 0.2) is 0 Å². The SMILES string of the molecule is Cc1ccc(C)c2c1[nH]c1ccc(Cl)cc12. The first-order chi connectivity index (χ1) is 7.66. The van der Waals surface area contributed by atoms with Crippen molar-refractivity contribution in [1.82, 2.24) is 4.98 Å². The van der Waals surface area contributed by atoms with E-state index in [4.69, 9.17) is 11.6 Å². The van der Waals surface area contributed by atoms with Crippen LogP contribution in [-0.4, -0.2) is 4.98 Å². The highest BCUT2D eigenvalue weighted by Gasteiger charge is 2.08. The summed E-state index contributed by atoms with van der Waals surface area (Å²) in [7, 11) is 0. The van der Waals surface area contributed by atoms with E-state index in [0.29, 0.717) is 0 Å². The molecule has 1 aromatic heterocycles. The lowest BCUT2D eigenvalue weighted by molar-refractivity contribution is 1.42. The highest BCUT2D eigenvalue weighted by Crippen LogP contribution is 2.31. The number of H-pyrrole nitrogens is 1. The lowest BCUT2D eigenvalue weighted by Crippen LogP contribution is -1.79. The zero-order valence-electron chi connectivity index (χ0n) is 9.26. The van der Waals surface area contributed by atoms with Crippen LogP contribution in [-0.2, 0) is 0 Å². The Morgan fingerprint density at radius 2 is 1.75 bits per heavy atom. The number of rotatable bonds is 0. The van der Waals surface area contributed by atoms with Crippen LogP contribution < -0.4 is 0 Å². The zero-order chi connectivity index (χ0) is 11.3. The second-order valence-corrected chi connectivity index (χ2v) is 4.70. The molecule has 0 aliphatic carbocycles. The number of aromatic nitrogens is 1. The summed E-state index contributed by atoms with van der Waals surface area (Å²) in [6.07, 6.45) is 0. The number of aromatic amines is 1. The fourth-order valence-electron chi connectivity index (χ4n) is 2.29. The van der Waals surface area contributed by atoms with Gasteiger partial charge in [0, 0.05) is 26.8 Å². The van der Waals surface area contributed by atoms with Gasteiger partial charge in [-0.25, -0.2) is 0 Å². The molecule has 0 aliphatic rings. The molecule has 0 saturated carbocycles. The van der Waals surface area contributed by atoms with E-state index < -0.39 is 0 Å². The van der Waals surface area contributed by atoms with Crippen molar-refractivity contribution in [1.29, 1.82) is 0 Å². The summed E-state index contributed by atoms with van der Waals surface area (Å²) < 4.78 is 0. The normalized spacial score (nSPS) is 11.4. The van der Waals surface area contributed by atoms with Gasteiger partial charge >= 0.3 is 0 Å². The number of nitrogens with one attached hydrogen (secondary N) is 1. The Balaban J connectivity index is 2.62. The van der Waals surface area contributed by atoms with Crippen molar-refractivity contribution in [2.45, 2.75) is 13.8 Å². The van der Waals surface area contributed by atoms with E-state index in [9.17, 15) is 0 Å². The standard InChI is InChI=1S/C14H12ClN/c1-8-3-4-9(2)14-13(8)11-7-10(15)5-6-12(11)16-14/h3-7,16H,1-2H3. The topological polar surface area (TPSA) is 15.8 Å². The van der Waals surface area contributed by atoms with Gasteiger partial charge in [0.05, 0.1) is 0 Å². The molecule has 1 nitrogen and oxygen atoms in total. The van der Waals surface area contributed by atoms with Gasteiger partial charge < -0.3 is 4.98 Å². The molecule has 2 heteroatoms. The van der Waals surface area contributed by atoms with Crippen molar-refractivity contribution in [2.75, 3.05) is 0 Å². The predicted octanol–water partition coefficient (Wildman–Crippen LogP) is 4.59. The Morgan fingerprint density at radius 3 is 2.56 bits per heavy atom. The number of benzene rings is 2. The number of halogens is 1. The van der Waals surface area contributed by atoms with E-state index >= 15 is 0 Å². The molecule has 2 aromatic carbocycles. The molecule has 0 spiro atoms. The third-order valence-electron chi connectivity index (χ3n) is 3.13.